The average Bonchev–Trinajstić information content (AvgIpc) is 3.04. The van der Waals surface area contributed by atoms with Crippen molar-refractivity contribution >= 4 is 6.29 Å². The monoisotopic (exact) mass is 289 g/mol. The van der Waals surface area contributed by atoms with Crippen LogP contribution in [0.4, 0.5) is 0 Å². The van der Waals surface area contributed by atoms with E-state index >= 15 is 0 Å². The van der Waals surface area contributed by atoms with Crippen molar-refractivity contribution < 1.29 is 9.53 Å². The Kier molecular flexibility index (Phi) is 3.67. The number of carbonyl (C=O) groups is 1. The first-order valence-electron chi connectivity index (χ1n) is 6.57. The molecule has 3 rings (SSSR count). The molecule has 1 N–H and O–H groups in total. The van der Waals surface area contributed by atoms with E-state index in [2.05, 4.69) is 16.3 Å². The first-order chi connectivity index (χ1) is 10.8. The van der Waals surface area contributed by atoms with E-state index in [-0.39, 0.29) is 0 Å². The summed E-state index contributed by atoms with van der Waals surface area (Å²) in [6.45, 7) is 0. The highest BCUT2D eigenvalue weighted by Gasteiger charge is 2.10. The molecular formula is C17H11N3O2. The Hall–Kier alpha value is -3.39. The summed E-state index contributed by atoms with van der Waals surface area (Å²) in [6, 6.07) is 16.0. The van der Waals surface area contributed by atoms with E-state index in [0.717, 1.165) is 11.8 Å². The lowest BCUT2D eigenvalue weighted by Crippen LogP contribution is -1.88. The van der Waals surface area contributed by atoms with E-state index in [1.807, 2.05) is 6.07 Å². The molecule has 0 spiro atoms. The van der Waals surface area contributed by atoms with Gasteiger partial charge in [-0.15, -0.1) is 0 Å². The molecule has 0 unspecified atom stereocenters. The molecule has 0 aliphatic rings. The molecule has 3 aromatic rings. The third-order valence-electron chi connectivity index (χ3n) is 3.13. The fraction of sp³-hybridized carbons (Fsp3) is 0. The number of nitrogens with one attached hydrogen (secondary N) is 1. The normalized spacial score (nSPS) is 9.95. The van der Waals surface area contributed by atoms with Gasteiger partial charge in [0.05, 0.1) is 17.8 Å². The third-order valence-corrected chi connectivity index (χ3v) is 3.13. The SMILES string of the molecule is N#Cc1ccc(Oc2cn[nH]c2-c2cccc(C=O)c2)cc1. The number of hydrogen-bond donors (Lipinski definition) is 1. The van der Waals surface area contributed by atoms with Gasteiger partial charge in [-0.1, -0.05) is 18.2 Å². The number of nitrogens with zero attached hydrogens (tertiary/aromatic N) is 2. The molecule has 0 radical (unpaired) electrons. The smallest absolute Gasteiger partial charge is 0.172 e. The summed E-state index contributed by atoms with van der Waals surface area (Å²) in [6.07, 6.45) is 2.36. The van der Waals surface area contributed by atoms with Crippen LogP contribution in [-0.4, -0.2) is 16.5 Å². The van der Waals surface area contributed by atoms with Crippen LogP contribution in [0.3, 0.4) is 0 Å². The van der Waals surface area contributed by atoms with Crippen molar-refractivity contribution in [1.82, 2.24) is 10.2 Å². The lowest BCUT2D eigenvalue weighted by Gasteiger charge is -2.06. The minimum absolute atomic E-state index is 0.549. The van der Waals surface area contributed by atoms with Gasteiger partial charge in [-0.3, -0.25) is 9.89 Å². The van der Waals surface area contributed by atoms with Crippen molar-refractivity contribution in [2.45, 2.75) is 0 Å². The number of rotatable bonds is 4. The number of nitriles is 1. The maximum atomic E-state index is 10.9. The molecule has 5 heteroatoms. The van der Waals surface area contributed by atoms with Crippen molar-refractivity contribution in [1.29, 1.82) is 5.26 Å². The molecule has 0 fully saturated rings. The lowest BCUT2D eigenvalue weighted by atomic mass is 10.1. The van der Waals surface area contributed by atoms with Crippen LogP contribution in [0.15, 0.2) is 54.7 Å². The summed E-state index contributed by atoms with van der Waals surface area (Å²) in [5.74, 6) is 1.15. The lowest BCUT2D eigenvalue weighted by molar-refractivity contribution is 0.112. The maximum absolute atomic E-state index is 10.9. The first kappa shape index (κ1) is 13.6. The third kappa shape index (κ3) is 2.72. The van der Waals surface area contributed by atoms with Crippen LogP contribution in [0.2, 0.25) is 0 Å². The number of ether oxygens (including phenoxy) is 1. The molecule has 5 nitrogen and oxygen atoms in total. The van der Waals surface area contributed by atoms with Gasteiger partial charge >= 0.3 is 0 Å². The molecule has 0 atom stereocenters. The van der Waals surface area contributed by atoms with Gasteiger partial charge in [0.25, 0.3) is 0 Å². The topological polar surface area (TPSA) is 78.8 Å². The van der Waals surface area contributed by atoms with E-state index in [9.17, 15) is 4.79 Å². The highest BCUT2D eigenvalue weighted by atomic mass is 16.5. The standard InChI is InChI=1S/C17H11N3O2/c18-9-12-4-6-15(7-5-12)22-16-10-19-20-17(16)14-3-1-2-13(8-14)11-21/h1-8,10-11H,(H,19,20). The zero-order chi connectivity index (χ0) is 15.4. The van der Waals surface area contributed by atoms with Crippen molar-refractivity contribution in [3.8, 4) is 28.8 Å². The summed E-state index contributed by atoms with van der Waals surface area (Å²) in [4.78, 5) is 10.9. The molecule has 2 aromatic carbocycles. The molecule has 0 bridgehead atoms. The van der Waals surface area contributed by atoms with Gasteiger partial charge in [0.2, 0.25) is 0 Å². The number of H-pyrrole nitrogens is 1. The minimum atomic E-state index is 0.549. The van der Waals surface area contributed by atoms with Gasteiger partial charge in [0, 0.05) is 11.1 Å². The Labute approximate surface area is 126 Å². The summed E-state index contributed by atoms with van der Waals surface area (Å²) in [7, 11) is 0. The molecule has 0 saturated heterocycles. The van der Waals surface area contributed by atoms with Crippen molar-refractivity contribution in [2.24, 2.45) is 0 Å². The van der Waals surface area contributed by atoms with Crippen LogP contribution in [0.25, 0.3) is 11.3 Å². The Morgan fingerprint density at radius 1 is 1.18 bits per heavy atom. The van der Waals surface area contributed by atoms with Crippen LogP contribution in [0, 0.1) is 11.3 Å². The molecule has 0 saturated carbocycles. The average molecular weight is 289 g/mol. The van der Waals surface area contributed by atoms with Gasteiger partial charge in [0.15, 0.2) is 5.75 Å². The van der Waals surface area contributed by atoms with E-state index in [1.165, 1.54) is 0 Å². The Bertz CT molecular complexity index is 845. The van der Waals surface area contributed by atoms with Gasteiger partial charge in [-0.25, -0.2) is 0 Å². The predicted octanol–water partition coefficient (Wildman–Crippen LogP) is 3.55. The van der Waals surface area contributed by atoms with E-state index < -0.39 is 0 Å². The highest BCUT2D eigenvalue weighted by molar-refractivity contribution is 5.79. The largest absolute Gasteiger partial charge is 0.453 e. The molecule has 1 aromatic heterocycles. The zero-order valence-electron chi connectivity index (χ0n) is 11.5. The molecule has 0 aliphatic heterocycles. The molecule has 106 valence electrons. The van der Waals surface area contributed by atoms with Gasteiger partial charge in [-0.2, -0.15) is 10.4 Å². The van der Waals surface area contributed by atoms with Crippen LogP contribution in [-0.2, 0) is 0 Å². The summed E-state index contributed by atoms with van der Waals surface area (Å²) >= 11 is 0. The summed E-state index contributed by atoms with van der Waals surface area (Å²) < 4.78 is 5.79. The summed E-state index contributed by atoms with van der Waals surface area (Å²) in [5.41, 5.74) is 2.65. The molecular weight excluding hydrogens is 278 g/mol. The van der Waals surface area contributed by atoms with Crippen LogP contribution in [0.5, 0.6) is 11.5 Å². The quantitative estimate of drug-likeness (QED) is 0.745. The number of benzene rings is 2. The number of aromatic nitrogens is 2. The van der Waals surface area contributed by atoms with Crippen molar-refractivity contribution in [3.05, 3.63) is 65.9 Å². The van der Waals surface area contributed by atoms with E-state index in [4.69, 9.17) is 10.00 Å². The molecule has 0 amide bonds. The van der Waals surface area contributed by atoms with Crippen LogP contribution in [0.1, 0.15) is 15.9 Å². The second kappa shape index (κ2) is 5.94. The molecule has 22 heavy (non-hydrogen) atoms. The molecule has 1 heterocycles. The Morgan fingerprint density at radius 2 is 2.00 bits per heavy atom. The first-order valence-corrected chi connectivity index (χ1v) is 6.57. The van der Waals surface area contributed by atoms with Crippen molar-refractivity contribution in [3.63, 3.8) is 0 Å². The number of aromatic amines is 1. The van der Waals surface area contributed by atoms with Crippen molar-refractivity contribution in [2.75, 3.05) is 0 Å². The minimum Gasteiger partial charge on any atom is -0.453 e. The predicted molar refractivity (Wildman–Crippen MR) is 80.6 cm³/mol. The van der Waals surface area contributed by atoms with Gasteiger partial charge in [0.1, 0.15) is 17.7 Å². The van der Waals surface area contributed by atoms with Gasteiger partial charge < -0.3 is 4.74 Å². The second-order valence-electron chi connectivity index (χ2n) is 4.59. The number of hydrogen-bond acceptors (Lipinski definition) is 4. The Morgan fingerprint density at radius 3 is 2.73 bits per heavy atom. The zero-order valence-corrected chi connectivity index (χ0v) is 11.5. The number of carbonyl (C=O) groups excluding carboxylic acids is 1. The van der Waals surface area contributed by atoms with Gasteiger partial charge in [-0.05, 0) is 30.3 Å². The Balaban J connectivity index is 1.91. The van der Waals surface area contributed by atoms with E-state index in [1.54, 1.807) is 48.7 Å². The highest BCUT2D eigenvalue weighted by Crippen LogP contribution is 2.31. The maximum Gasteiger partial charge on any atom is 0.172 e. The molecule has 0 aliphatic carbocycles. The van der Waals surface area contributed by atoms with E-state index in [0.29, 0.717) is 28.3 Å². The van der Waals surface area contributed by atoms with Crippen LogP contribution < -0.4 is 4.74 Å². The second-order valence-corrected chi connectivity index (χ2v) is 4.59. The number of aldehydes is 1. The van der Waals surface area contributed by atoms with Crippen LogP contribution >= 0.6 is 0 Å². The summed E-state index contributed by atoms with van der Waals surface area (Å²) in [5, 5.41) is 15.7. The fourth-order valence-corrected chi connectivity index (χ4v) is 2.05. The fourth-order valence-electron chi connectivity index (χ4n) is 2.05.